The van der Waals surface area contributed by atoms with Gasteiger partial charge in [-0.25, -0.2) is 4.68 Å². The Kier molecular flexibility index (Phi) is 5.81. The van der Waals surface area contributed by atoms with Crippen LogP contribution in [0.3, 0.4) is 0 Å². The molecule has 3 aromatic carbocycles. The highest BCUT2D eigenvalue weighted by atomic mass is 16.5. The van der Waals surface area contributed by atoms with Crippen LogP contribution in [-0.2, 0) is 6.54 Å². The molecular formula is C27H26N4O2. The summed E-state index contributed by atoms with van der Waals surface area (Å²) in [6.45, 7) is 2.56. The standard InChI is InChI=1S/C27H26N4O2/c1-19-16-25(21-8-4-2-5-9-21)30-26-24(18-29-31(19)26)27(32)28-17-20-12-14-23(15-13-20)33-22-10-6-3-7-11-22/h2-15,18-19,25,30H,16-17H2,1H3,(H,28,32). The number of para-hydroxylation sites is 1. The second kappa shape index (κ2) is 9.20. The first-order valence-corrected chi connectivity index (χ1v) is 11.2. The van der Waals surface area contributed by atoms with Crippen molar-refractivity contribution in [2.24, 2.45) is 0 Å². The fourth-order valence-electron chi connectivity index (χ4n) is 4.15. The molecule has 1 amide bonds. The second-order valence-electron chi connectivity index (χ2n) is 8.29. The average Bonchev–Trinajstić information content (AvgIpc) is 3.29. The molecular weight excluding hydrogens is 412 g/mol. The largest absolute Gasteiger partial charge is 0.457 e. The molecule has 2 atom stereocenters. The van der Waals surface area contributed by atoms with Crippen molar-refractivity contribution in [1.29, 1.82) is 0 Å². The van der Waals surface area contributed by atoms with Crippen LogP contribution in [0, 0.1) is 0 Å². The average molecular weight is 439 g/mol. The zero-order valence-electron chi connectivity index (χ0n) is 18.4. The van der Waals surface area contributed by atoms with E-state index in [1.54, 1.807) is 6.20 Å². The van der Waals surface area contributed by atoms with Gasteiger partial charge in [-0.15, -0.1) is 0 Å². The van der Waals surface area contributed by atoms with E-state index < -0.39 is 0 Å². The number of carbonyl (C=O) groups excluding carboxylic acids is 1. The highest BCUT2D eigenvalue weighted by Gasteiger charge is 2.29. The second-order valence-corrected chi connectivity index (χ2v) is 8.29. The minimum absolute atomic E-state index is 0.144. The molecule has 1 aliphatic rings. The maximum absolute atomic E-state index is 13.0. The third kappa shape index (κ3) is 4.60. The topological polar surface area (TPSA) is 68.2 Å². The van der Waals surface area contributed by atoms with Gasteiger partial charge in [0.1, 0.15) is 22.9 Å². The minimum Gasteiger partial charge on any atom is -0.457 e. The number of nitrogens with zero attached hydrogens (tertiary/aromatic N) is 2. The van der Waals surface area contributed by atoms with Crippen molar-refractivity contribution in [3.8, 4) is 11.5 Å². The Hall–Kier alpha value is -4.06. The lowest BCUT2D eigenvalue weighted by Gasteiger charge is -2.31. The van der Waals surface area contributed by atoms with E-state index in [1.165, 1.54) is 5.56 Å². The van der Waals surface area contributed by atoms with Crippen LogP contribution in [0.25, 0.3) is 0 Å². The van der Waals surface area contributed by atoms with Crippen LogP contribution >= 0.6 is 0 Å². The zero-order valence-corrected chi connectivity index (χ0v) is 18.4. The molecule has 2 heterocycles. The monoisotopic (exact) mass is 438 g/mol. The number of amides is 1. The zero-order chi connectivity index (χ0) is 22.6. The van der Waals surface area contributed by atoms with Gasteiger partial charge in [-0.3, -0.25) is 4.79 Å². The van der Waals surface area contributed by atoms with Gasteiger partial charge in [-0.1, -0.05) is 60.7 Å². The lowest BCUT2D eigenvalue weighted by atomic mass is 9.98. The van der Waals surface area contributed by atoms with E-state index in [9.17, 15) is 4.79 Å². The van der Waals surface area contributed by atoms with Gasteiger partial charge in [0, 0.05) is 6.54 Å². The molecule has 2 N–H and O–H groups in total. The summed E-state index contributed by atoms with van der Waals surface area (Å²) >= 11 is 0. The van der Waals surface area contributed by atoms with Gasteiger partial charge >= 0.3 is 0 Å². The van der Waals surface area contributed by atoms with Crippen LogP contribution in [0.1, 0.15) is 46.9 Å². The Balaban J connectivity index is 1.24. The molecule has 0 bridgehead atoms. The highest BCUT2D eigenvalue weighted by molar-refractivity contribution is 5.98. The number of rotatable bonds is 6. The minimum atomic E-state index is -0.144. The maximum atomic E-state index is 13.0. The molecule has 0 spiro atoms. The highest BCUT2D eigenvalue weighted by Crippen LogP contribution is 2.36. The predicted octanol–water partition coefficient (Wildman–Crippen LogP) is 5.72. The fraction of sp³-hybridized carbons (Fsp3) is 0.185. The molecule has 1 aromatic heterocycles. The van der Waals surface area contributed by atoms with E-state index in [1.807, 2.05) is 77.5 Å². The van der Waals surface area contributed by atoms with Crippen LogP contribution in [0.4, 0.5) is 5.82 Å². The summed E-state index contributed by atoms with van der Waals surface area (Å²) in [6, 6.07) is 28.0. The van der Waals surface area contributed by atoms with Crippen LogP contribution in [-0.4, -0.2) is 15.7 Å². The van der Waals surface area contributed by atoms with Gasteiger partial charge in [-0.05, 0) is 48.7 Å². The van der Waals surface area contributed by atoms with E-state index in [4.69, 9.17) is 4.74 Å². The van der Waals surface area contributed by atoms with E-state index in [-0.39, 0.29) is 18.0 Å². The van der Waals surface area contributed by atoms with Crippen LogP contribution in [0.5, 0.6) is 11.5 Å². The molecule has 6 nitrogen and oxygen atoms in total. The first-order valence-electron chi connectivity index (χ1n) is 11.2. The number of aromatic nitrogens is 2. The van der Waals surface area contributed by atoms with E-state index in [0.717, 1.165) is 29.3 Å². The molecule has 5 rings (SSSR count). The summed E-state index contributed by atoms with van der Waals surface area (Å²) in [5.41, 5.74) is 2.76. The third-order valence-corrected chi connectivity index (χ3v) is 5.90. The van der Waals surface area contributed by atoms with Crippen molar-refractivity contribution >= 4 is 11.7 Å². The van der Waals surface area contributed by atoms with Crippen molar-refractivity contribution in [3.63, 3.8) is 0 Å². The van der Waals surface area contributed by atoms with Gasteiger partial charge in [0.2, 0.25) is 0 Å². The van der Waals surface area contributed by atoms with Crippen molar-refractivity contribution in [1.82, 2.24) is 15.1 Å². The molecule has 0 aliphatic carbocycles. The Morgan fingerprint density at radius 2 is 1.67 bits per heavy atom. The lowest BCUT2D eigenvalue weighted by molar-refractivity contribution is 0.0951. The first kappa shape index (κ1) is 20.8. The number of fused-ring (bicyclic) bond motifs is 1. The van der Waals surface area contributed by atoms with Crippen molar-refractivity contribution in [3.05, 3.63) is 108 Å². The Morgan fingerprint density at radius 3 is 2.39 bits per heavy atom. The molecule has 0 radical (unpaired) electrons. The van der Waals surface area contributed by atoms with Gasteiger partial charge in [0.15, 0.2) is 0 Å². The van der Waals surface area contributed by atoms with Crippen molar-refractivity contribution in [2.75, 3.05) is 5.32 Å². The summed E-state index contributed by atoms with van der Waals surface area (Å²) in [4.78, 5) is 13.0. The molecule has 1 aliphatic heterocycles. The Morgan fingerprint density at radius 1 is 1.00 bits per heavy atom. The van der Waals surface area contributed by atoms with E-state index in [2.05, 4.69) is 34.8 Å². The van der Waals surface area contributed by atoms with Crippen LogP contribution in [0.2, 0.25) is 0 Å². The van der Waals surface area contributed by atoms with Crippen LogP contribution < -0.4 is 15.4 Å². The van der Waals surface area contributed by atoms with Crippen molar-refractivity contribution < 1.29 is 9.53 Å². The number of anilines is 1. The summed E-state index contributed by atoms with van der Waals surface area (Å²) in [5.74, 6) is 2.17. The number of hydrogen-bond donors (Lipinski definition) is 2. The normalized spacial score (nSPS) is 17.0. The number of hydrogen-bond acceptors (Lipinski definition) is 4. The van der Waals surface area contributed by atoms with Gasteiger partial charge in [0.25, 0.3) is 5.91 Å². The number of benzene rings is 3. The summed E-state index contributed by atoms with van der Waals surface area (Å²) in [7, 11) is 0. The van der Waals surface area contributed by atoms with Crippen molar-refractivity contribution in [2.45, 2.75) is 32.0 Å². The smallest absolute Gasteiger partial charge is 0.256 e. The lowest BCUT2D eigenvalue weighted by Crippen LogP contribution is -2.28. The Labute approximate surface area is 193 Å². The molecule has 4 aromatic rings. The van der Waals surface area contributed by atoms with Gasteiger partial charge in [0.05, 0.1) is 18.3 Å². The molecule has 6 heteroatoms. The molecule has 0 fully saturated rings. The fourth-order valence-corrected chi connectivity index (χ4v) is 4.15. The Bertz CT molecular complexity index is 1220. The quantitative estimate of drug-likeness (QED) is 0.404. The summed E-state index contributed by atoms with van der Waals surface area (Å²) in [6.07, 6.45) is 2.56. The first-order chi connectivity index (χ1) is 16.2. The number of nitrogens with one attached hydrogen (secondary N) is 2. The molecule has 33 heavy (non-hydrogen) atoms. The third-order valence-electron chi connectivity index (χ3n) is 5.90. The number of carbonyl (C=O) groups is 1. The number of ether oxygens (including phenoxy) is 1. The summed E-state index contributed by atoms with van der Waals surface area (Å²) < 4.78 is 7.74. The SMILES string of the molecule is CC1CC(c2ccccc2)Nc2c(C(=O)NCc3ccc(Oc4ccccc4)cc3)cnn21. The van der Waals surface area contributed by atoms with Gasteiger partial charge in [-0.2, -0.15) is 5.10 Å². The van der Waals surface area contributed by atoms with Crippen LogP contribution in [0.15, 0.2) is 91.1 Å². The molecule has 0 saturated carbocycles. The molecule has 0 saturated heterocycles. The van der Waals surface area contributed by atoms with E-state index >= 15 is 0 Å². The maximum Gasteiger partial charge on any atom is 0.256 e. The molecule has 2 unspecified atom stereocenters. The van der Waals surface area contributed by atoms with Gasteiger partial charge < -0.3 is 15.4 Å². The molecule has 166 valence electrons. The van der Waals surface area contributed by atoms with E-state index in [0.29, 0.717) is 12.1 Å². The predicted molar refractivity (Wildman–Crippen MR) is 128 cm³/mol. The summed E-state index contributed by atoms with van der Waals surface area (Å²) in [5, 5.41) is 11.0.